The molecular weight excluding hydrogens is 546 g/mol. The zero-order chi connectivity index (χ0) is 23.0. The summed E-state index contributed by atoms with van der Waals surface area (Å²) >= 11 is 13.9. The van der Waals surface area contributed by atoms with E-state index in [0.29, 0.717) is 12.1 Å². The number of hydrogen-bond acceptors (Lipinski definition) is 1. The van der Waals surface area contributed by atoms with E-state index in [1.54, 1.807) is 0 Å². The fraction of sp³-hybridized carbons (Fsp3) is 0.462. The van der Waals surface area contributed by atoms with Crippen LogP contribution >= 0.6 is 39.1 Å². The number of carbonyl (C=O) groups is 1. The molecule has 2 nitrogen and oxygen atoms in total. The molecule has 1 amide bonds. The van der Waals surface area contributed by atoms with E-state index in [1.165, 1.54) is 0 Å². The first-order valence-electron chi connectivity index (χ1n) is 6.75. The maximum atomic E-state index is 14.5. The van der Waals surface area contributed by atoms with E-state index in [-0.39, 0.29) is 4.47 Å². The average Bonchev–Trinajstić information content (AvgIpc) is 2.56. The molecule has 1 aliphatic rings. The van der Waals surface area contributed by atoms with Crippen LogP contribution in [0, 0.1) is 0 Å². The number of nitrogens with one attached hydrogen (secondary N) is 1. The molecular formula is C13H3BrCl2F11NO. The lowest BCUT2D eigenvalue weighted by Crippen LogP contribution is -2.86. The van der Waals surface area contributed by atoms with Gasteiger partial charge in [-0.3, -0.25) is 4.79 Å². The molecule has 29 heavy (non-hydrogen) atoms. The van der Waals surface area contributed by atoms with E-state index in [9.17, 15) is 53.1 Å². The van der Waals surface area contributed by atoms with Gasteiger partial charge >= 0.3 is 35.3 Å². The molecule has 0 aromatic heterocycles. The molecule has 2 rings (SSSR count). The smallest absolute Gasteiger partial charge is 0.323 e. The molecule has 0 spiro atoms. The van der Waals surface area contributed by atoms with E-state index in [1.807, 2.05) is 0 Å². The van der Waals surface area contributed by atoms with Crippen molar-refractivity contribution in [1.82, 2.24) is 0 Å². The molecule has 1 aromatic carbocycles. The molecule has 1 fully saturated rings. The Kier molecular flexibility index (Phi) is 5.43. The Balaban J connectivity index is 2.69. The topological polar surface area (TPSA) is 29.1 Å². The van der Waals surface area contributed by atoms with Gasteiger partial charge in [-0.15, -0.1) is 0 Å². The number of anilines is 1. The van der Waals surface area contributed by atoms with Crippen molar-refractivity contribution >= 4 is 50.7 Å². The second kappa shape index (κ2) is 6.49. The molecule has 0 unspecified atom stereocenters. The van der Waals surface area contributed by atoms with E-state index in [4.69, 9.17) is 23.2 Å². The number of amides is 1. The first-order valence-corrected chi connectivity index (χ1v) is 8.30. The summed E-state index contributed by atoms with van der Waals surface area (Å²) in [5, 5.41) is 0.0204. The second-order valence-electron chi connectivity index (χ2n) is 5.74. The Morgan fingerprint density at radius 1 is 0.724 bits per heavy atom. The van der Waals surface area contributed by atoms with Gasteiger partial charge in [-0.1, -0.05) is 23.2 Å². The number of rotatable bonds is 2. The van der Waals surface area contributed by atoms with Crippen molar-refractivity contribution in [1.29, 1.82) is 0 Å². The third-order valence-electron chi connectivity index (χ3n) is 4.00. The highest BCUT2D eigenvalue weighted by atomic mass is 79.9. The van der Waals surface area contributed by atoms with Gasteiger partial charge in [-0.05, 0) is 28.1 Å². The van der Waals surface area contributed by atoms with E-state index >= 15 is 0 Å². The van der Waals surface area contributed by atoms with Gasteiger partial charge < -0.3 is 5.32 Å². The lowest BCUT2D eigenvalue weighted by Gasteiger charge is -2.51. The summed E-state index contributed by atoms with van der Waals surface area (Å²) < 4.78 is 149. The molecule has 0 heterocycles. The first kappa shape index (κ1) is 24.3. The summed E-state index contributed by atoms with van der Waals surface area (Å²) in [5.41, 5.74) is -7.78. The molecule has 1 N–H and O–H groups in total. The minimum Gasteiger partial charge on any atom is -0.323 e. The molecule has 1 aromatic rings. The molecule has 0 bridgehead atoms. The summed E-state index contributed by atoms with van der Waals surface area (Å²) in [6.45, 7) is 0. The summed E-state index contributed by atoms with van der Waals surface area (Å²) in [5.74, 6) is -40.2. The van der Waals surface area contributed by atoms with Gasteiger partial charge in [0.1, 0.15) is 0 Å². The molecule has 0 saturated heterocycles. The Morgan fingerprint density at radius 2 is 1.03 bits per heavy atom. The van der Waals surface area contributed by atoms with Crippen LogP contribution in [0.3, 0.4) is 0 Å². The summed E-state index contributed by atoms with van der Waals surface area (Å²) in [7, 11) is 0. The molecule has 1 aliphatic carbocycles. The maximum absolute atomic E-state index is 14.5. The lowest BCUT2D eigenvalue weighted by atomic mass is 9.71. The molecule has 0 atom stereocenters. The van der Waals surface area contributed by atoms with E-state index in [0.717, 1.165) is 5.32 Å². The fourth-order valence-electron chi connectivity index (χ4n) is 2.35. The maximum Gasteiger partial charge on any atom is 0.384 e. The fourth-order valence-corrected chi connectivity index (χ4v) is 3.07. The zero-order valence-corrected chi connectivity index (χ0v) is 16.0. The van der Waals surface area contributed by atoms with Crippen molar-refractivity contribution < 1.29 is 53.1 Å². The number of benzene rings is 1. The van der Waals surface area contributed by atoms with Crippen LogP contribution in [0.1, 0.15) is 0 Å². The third-order valence-corrected chi connectivity index (χ3v) is 5.90. The van der Waals surface area contributed by atoms with Crippen LogP contribution in [0.15, 0.2) is 16.6 Å². The molecule has 1 saturated carbocycles. The second-order valence-corrected chi connectivity index (χ2v) is 7.35. The number of carbonyl (C=O) groups excluding carboxylic acids is 1. The molecule has 16 heteroatoms. The van der Waals surface area contributed by atoms with Gasteiger partial charge in [0.25, 0.3) is 5.91 Å². The Hall–Kier alpha value is -1.02. The van der Waals surface area contributed by atoms with Crippen molar-refractivity contribution in [3.8, 4) is 0 Å². The summed E-state index contributed by atoms with van der Waals surface area (Å²) in [4.78, 5) is 11.8. The Morgan fingerprint density at radius 3 is 1.38 bits per heavy atom. The monoisotopic (exact) mass is 547 g/mol. The van der Waals surface area contributed by atoms with Crippen LogP contribution in [-0.4, -0.2) is 41.2 Å². The highest BCUT2D eigenvalue weighted by Crippen LogP contribution is 2.69. The standard InChI is InChI=1S/C13H3BrCl2F11NO/c14-6-4(15)1-3(2-5(6)16)28-7(29)8(17)9(18,19)11(22,23)13(26,27)12(24,25)10(8,20)21/h1-2H,(H,28,29). The summed E-state index contributed by atoms with van der Waals surface area (Å²) in [6, 6.07) is 1.12. The Bertz CT molecular complexity index is 823. The van der Waals surface area contributed by atoms with Crippen molar-refractivity contribution in [2.45, 2.75) is 35.3 Å². The summed E-state index contributed by atoms with van der Waals surface area (Å²) in [6.07, 6.45) is 0. The van der Waals surface area contributed by atoms with Crippen molar-refractivity contribution in [3.05, 3.63) is 26.7 Å². The van der Waals surface area contributed by atoms with Gasteiger partial charge in [-0.25, -0.2) is 4.39 Å². The van der Waals surface area contributed by atoms with E-state index < -0.39 is 56.9 Å². The van der Waals surface area contributed by atoms with Gasteiger partial charge in [0, 0.05) is 5.69 Å². The van der Waals surface area contributed by atoms with Gasteiger partial charge in [0.15, 0.2) is 0 Å². The van der Waals surface area contributed by atoms with Crippen LogP contribution in [0.4, 0.5) is 54.0 Å². The highest BCUT2D eigenvalue weighted by Gasteiger charge is 3.02. The van der Waals surface area contributed by atoms with Crippen LogP contribution in [0.5, 0.6) is 0 Å². The van der Waals surface area contributed by atoms with Crippen molar-refractivity contribution in [3.63, 3.8) is 0 Å². The van der Waals surface area contributed by atoms with Gasteiger partial charge in [0.05, 0.1) is 14.5 Å². The lowest BCUT2D eigenvalue weighted by molar-refractivity contribution is -0.475. The van der Waals surface area contributed by atoms with Crippen LogP contribution in [-0.2, 0) is 4.79 Å². The normalized spacial score (nSPS) is 25.3. The van der Waals surface area contributed by atoms with Gasteiger partial charge in [-0.2, -0.15) is 43.9 Å². The minimum absolute atomic E-state index is 0.0974. The highest BCUT2D eigenvalue weighted by molar-refractivity contribution is 9.10. The number of hydrogen-bond donors (Lipinski definition) is 1. The van der Waals surface area contributed by atoms with Crippen LogP contribution < -0.4 is 5.32 Å². The molecule has 164 valence electrons. The SMILES string of the molecule is O=C(Nc1cc(Cl)c(Br)c(Cl)c1)C1(F)C(F)(F)C(F)(F)C(F)(F)C(F)(F)C1(F)F. The van der Waals surface area contributed by atoms with Crippen molar-refractivity contribution in [2.75, 3.05) is 5.32 Å². The van der Waals surface area contributed by atoms with Crippen LogP contribution in [0.2, 0.25) is 10.0 Å². The van der Waals surface area contributed by atoms with Gasteiger partial charge in [0.2, 0.25) is 0 Å². The largest absolute Gasteiger partial charge is 0.384 e. The zero-order valence-electron chi connectivity index (χ0n) is 12.9. The first-order chi connectivity index (χ1) is 12.7. The number of alkyl halides is 11. The predicted molar refractivity (Wildman–Crippen MR) is 81.4 cm³/mol. The Labute approximate surface area is 171 Å². The number of halogens is 14. The molecule has 0 aliphatic heterocycles. The quantitative estimate of drug-likeness (QED) is 0.328. The minimum atomic E-state index is -7.41. The predicted octanol–water partition coefficient (Wildman–Crippen LogP) is 6.59. The van der Waals surface area contributed by atoms with Crippen molar-refractivity contribution in [2.24, 2.45) is 0 Å². The molecule has 0 radical (unpaired) electrons. The third kappa shape index (κ3) is 2.70. The van der Waals surface area contributed by atoms with E-state index in [2.05, 4.69) is 15.9 Å². The van der Waals surface area contributed by atoms with Crippen LogP contribution in [0.25, 0.3) is 0 Å². The average molecular weight is 549 g/mol.